The largest absolute Gasteiger partial charge is 0.507 e. The summed E-state index contributed by atoms with van der Waals surface area (Å²) in [6.45, 7) is 4.41. The summed E-state index contributed by atoms with van der Waals surface area (Å²) in [5, 5.41) is 11.9. The molecule has 1 aliphatic rings. The van der Waals surface area contributed by atoms with Crippen LogP contribution in [0.4, 0.5) is 5.69 Å². The maximum absolute atomic E-state index is 13.3. The number of rotatable bonds is 6. The van der Waals surface area contributed by atoms with Gasteiger partial charge in [0.05, 0.1) is 28.3 Å². The molecular weight excluding hydrogens is 473 g/mol. The molecule has 0 saturated carbocycles. The number of anilines is 1. The molecule has 0 bridgehead atoms. The van der Waals surface area contributed by atoms with E-state index in [0.717, 1.165) is 12.0 Å². The van der Waals surface area contributed by atoms with Crippen molar-refractivity contribution in [2.75, 3.05) is 11.5 Å². The lowest BCUT2D eigenvalue weighted by Crippen LogP contribution is -2.29. The number of hydrogen-bond acceptors (Lipinski definition) is 4. The molecule has 0 spiro atoms. The number of Topliss-reactive ketones (excluding diaryl/α,β-unsaturated/α-hetero) is 1. The van der Waals surface area contributed by atoms with Crippen LogP contribution in [0.3, 0.4) is 0 Å². The van der Waals surface area contributed by atoms with Gasteiger partial charge in [0.15, 0.2) is 0 Å². The lowest BCUT2D eigenvalue weighted by molar-refractivity contribution is -0.132. The SMILES string of the molecule is CCCOc1cccc(/C(O)=C2\C(=O)C(=O)N(c3ccc(Cl)c(Cl)c3)C2c2ccccc2C)c1. The monoisotopic (exact) mass is 495 g/mol. The molecule has 34 heavy (non-hydrogen) atoms. The molecule has 1 aliphatic heterocycles. The van der Waals surface area contributed by atoms with Crippen LogP contribution in [0.2, 0.25) is 10.0 Å². The summed E-state index contributed by atoms with van der Waals surface area (Å²) in [5.74, 6) is -1.24. The van der Waals surface area contributed by atoms with Gasteiger partial charge in [0.2, 0.25) is 0 Å². The molecule has 1 amide bonds. The molecule has 1 heterocycles. The summed E-state index contributed by atoms with van der Waals surface area (Å²) in [6, 6.07) is 18.2. The van der Waals surface area contributed by atoms with Crippen molar-refractivity contribution < 1.29 is 19.4 Å². The highest BCUT2D eigenvalue weighted by Gasteiger charge is 2.47. The number of aliphatic hydroxyl groups is 1. The van der Waals surface area contributed by atoms with Crippen LogP contribution in [-0.2, 0) is 9.59 Å². The van der Waals surface area contributed by atoms with Crippen molar-refractivity contribution in [1.82, 2.24) is 0 Å². The van der Waals surface area contributed by atoms with Crippen molar-refractivity contribution in [3.8, 4) is 5.75 Å². The first kappa shape index (κ1) is 23.9. The van der Waals surface area contributed by atoms with Gasteiger partial charge in [-0.1, -0.05) is 66.5 Å². The molecule has 174 valence electrons. The minimum Gasteiger partial charge on any atom is -0.507 e. The number of aliphatic hydroxyl groups excluding tert-OH is 1. The van der Waals surface area contributed by atoms with E-state index in [1.54, 1.807) is 42.5 Å². The highest BCUT2D eigenvalue weighted by atomic mass is 35.5. The zero-order valence-electron chi connectivity index (χ0n) is 18.7. The highest BCUT2D eigenvalue weighted by Crippen LogP contribution is 2.44. The van der Waals surface area contributed by atoms with E-state index in [0.29, 0.717) is 34.2 Å². The average molecular weight is 496 g/mol. The number of aryl methyl sites for hydroxylation is 1. The van der Waals surface area contributed by atoms with Crippen molar-refractivity contribution in [3.05, 3.63) is 99.0 Å². The maximum atomic E-state index is 13.3. The van der Waals surface area contributed by atoms with E-state index in [1.165, 1.54) is 4.90 Å². The molecule has 3 aromatic rings. The fourth-order valence-electron chi connectivity index (χ4n) is 4.03. The third kappa shape index (κ3) is 4.41. The van der Waals surface area contributed by atoms with Gasteiger partial charge >= 0.3 is 0 Å². The summed E-state index contributed by atoms with van der Waals surface area (Å²) in [6.07, 6.45) is 0.832. The van der Waals surface area contributed by atoms with Crippen molar-refractivity contribution in [2.24, 2.45) is 0 Å². The maximum Gasteiger partial charge on any atom is 0.300 e. The molecule has 0 radical (unpaired) electrons. The van der Waals surface area contributed by atoms with E-state index in [-0.39, 0.29) is 16.4 Å². The van der Waals surface area contributed by atoms with E-state index in [1.807, 2.05) is 38.1 Å². The Morgan fingerprint density at radius 2 is 1.76 bits per heavy atom. The Morgan fingerprint density at radius 3 is 2.47 bits per heavy atom. The van der Waals surface area contributed by atoms with E-state index in [9.17, 15) is 14.7 Å². The number of ether oxygens (including phenoxy) is 1. The molecule has 1 saturated heterocycles. The summed E-state index contributed by atoms with van der Waals surface area (Å²) in [5.41, 5.74) is 2.37. The van der Waals surface area contributed by atoms with Crippen LogP contribution in [0.1, 0.15) is 36.1 Å². The lowest BCUT2D eigenvalue weighted by atomic mass is 9.92. The number of halogens is 2. The fourth-order valence-corrected chi connectivity index (χ4v) is 4.32. The van der Waals surface area contributed by atoms with Gasteiger partial charge in [-0.2, -0.15) is 0 Å². The number of benzene rings is 3. The van der Waals surface area contributed by atoms with Crippen molar-refractivity contribution >= 4 is 46.3 Å². The third-order valence-corrected chi connectivity index (χ3v) is 6.43. The molecule has 5 nitrogen and oxygen atoms in total. The molecule has 1 atom stereocenters. The Hall–Kier alpha value is -3.28. The van der Waals surface area contributed by atoms with Gasteiger partial charge < -0.3 is 9.84 Å². The lowest BCUT2D eigenvalue weighted by Gasteiger charge is -2.27. The van der Waals surface area contributed by atoms with Crippen molar-refractivity contribution in [3.63, 3.8) is 0 Å². The van der Waals surface area contributed by atoms with Gasteiger partial charge in [0.25, 0.3) is 11.7 Å². The fraction of sp³-hybridized carbons (Fsp3) is 0.185. The highest BCUT2D eigenvalue weighted by molar-refractivity contribution is 6.52. The first-order valence-electron chi connectivity index (χ1n) is 10.9. The van der Waals surface area contributed by atoms with Gasteiger partial charge in [-0.3, -0.25) is 14.5 Å². The topological polar surface area (TPSA) is 66.8 Å². The van der Waals surface area contributed by atoms with E-state index < -0.39 is 17.7 Å². The number of ketones is 1. The van der Waals surface area contributed by atoms with Crippen molar-refractivity contribution in [1.29, 1.82) is 0 Å². The summed E-state index contributed by atoms with van der Waals surface area (Å²) in [4.78, 5) is 27.9. The quantitative estimate of drug-likeness (QED) is 0.234. The van der Waals surface area contributed by atoms with E-state index in [4.69, 9.17) is 27.9 Å². The van der Waals surface area contributed by atoms with E-state index >= 15 is 0 Å². The molecule has 0 aromatic heterocycles. The number of carbonyl (C=O) groups excluding carboxylic acids is 2. The van der Waals surface area contributed by atoms with Crippen LogP contribution in [0.5, 0.6) is 5.75 Å². The van der Waals surface area contributed by atoms with Gasteiger partial charge in [-0.15, -0.1) is 0 Å². The van der Waals surface area contributed by atoms with Gasteiger partial charge in [0, 0.05) is 11.3 Å². The number of hydrogen-bond donors (Lipinski definition) is 1. The molecule has 7 heteroatoms. The predicted octanol–water partition coefficient (Wildman–Crippen LogP) is 6.72. The second kappa shape index (κ2) is 9.92. The molecule has 1 N–H and O–H groups in total. The summed E-state index contributed by atoms with van der Waals surface area (Å²) >= 11 is 12.3. The Kier molecular flexibility index (Phi) is 6.96. The first-order chi connectivity index (χ1) is 16.3. The van der Waals surface area contributed by atoms with Crippen LogP contribution in [-0.4, -0.2) is 23.4 Å². The number of nitrogens with zero attached hydrogens (tertiary/aromatic N) is 1. The number of amides is 1. The Labute approximate surface area is 208 Å². The van der Waals surface area contributed by atoms with Crippen LogP contribution in [0.25, 0.3) is 5.76 Å². The Morgan fingerprint density at radius 1 is 1.00 bits per heavy atom. The van der Waals surface area contributed by atoms with Crippen LogP contribution >= 0.6 is 23.2 Å². The van der Waals surface area contributed by atoms with Crippen molar-refractivity contribution in [2.45, 2.75) is 26.3 Å². The Bertz CT molecular complexity index is 1300. The van der Waals surface area contributed by atoms with E-state index in [2.05, 4.69) is 0 Å². The zero-order chi connectivity index (χ0) is 24.4. The second-order valence-corrected chi connectivity index (χ2v) is 8.81. The normalized spacial score (nSPS) is 17.3. The minimum absolute atomic E-state index is 0.00184. The molecule has 1 unspecified atom stereocenters. The molecule has 0 aliphatic carbocycles. The van der Waals surface area contributed by atoms with Gasteiger partial charge in [0.1, 0.15) is 11.5 Å². The molecule has 4 rings (SSSR count). The molecule has 1 fully saturated rings. The number of carbonyl (C=O) groups is 2. The van der Waals surface area contributed by atoms with Crippen LogP contribution in [0.15, 0.2) is 72.3 Å². The minimum atomic E-state index is -0.848. The zero-order valence-corrected chi connectivity index (χ0v) is 20.2. The average Bonchev–Trinajstić information content (AvgIpc) is 3.09. The van der Waals surface area contributed by atoms with Crippen LogP contribution in [0, 0.1) is 6.92 Å². The standard InChI is InChI=1S/C27H23Cl2NO4/c1-3-13-34-19-9-6-8-17(14-19)25(31)23-24(20-10-5-4-7-16(20)2)30(27(33)26(23)32)18-11-12-21(28)22(29)15-18/h4-12,14-15,24,31H,3,13H2,1-2H3/b25-23+. The summed E-state index contributed by atoms with van der Waals surface area (Å²) < 4.78 is 5.68. The predicted molar refractivity (Wildman–Crippen MR) is 135 cm³/mol. The first-order valence-corrected chi connectivity index (χ1v) is 11.6. The summed E-state index contributed by atoms with van der Waals surface area (Å²) in [7, 11) is 0. The van der Waals surface area contributed by atoms with Crippen LogP contribution < -0.4 is 9.64 Å². The molecule has 3 aromatic carbocycles. The van der Waals surface area contributed by atoms with Gasteiger partial charge in [-0.25, -0.2) is 0 Å². The third-order valence-electron chi connectivity index (χ3n) is 5.69. The molecular formula is C27H23Cl2NO4. The van der Waals surface area contributed by atoms with Gasteiger partial charge in [-0.05, 0) is 54.8 Å². The smallest absolute Gasteiger partial charge is 0.300 e. The Balaban J connectivity index is 1.92. The second-order valence-electron chi connectivity index (χ2n) is 8.00.